The maximum atomic E-state index is 8.79. The van der Waals surface area contributed by atoms with E-state index < -0.39 is 12.5 Å². The summed E-state index contributed by atoms with van der Waals surface area (Å²) < 4.78 is 0. The molecule has 0 aliphatic rings. The number of aliphatic hydroxyl groups is 2. The highest BCUT2D eigenvalue weighted by Crippen LogP contribution is 1.64. The van der Waals surface area contributed by atoms with E-state index in [4.69, 9.17) is 10.2 Å². The Morgan fingerprint density at radius 3 is 1.33 bits per heavy atom. The molecule has 0 bridgehead atoms. The van der Waals surface area contributed by atoms with Crippen molar-refractivity contribution in [2.75, 3.05) is 7.05 Å². The summed E-state index contributed by atoms with van der Waals surface area (Å²) in [6, 6.07) is 0. The van der Waals surface area contributed by atoms with Crippen LogP contribution in [0.25, 0.3) is 0 Å². The highest BCUT2D eigenvalue weighted by molar-refractivity contribution is 4.20. The molecule has 0 aromatic heterocycles. The third-order valence-corrected chi connectivity index (χ3v) is 1.32. The van der Waals surface area contributed by atoms with Gasteiger partial charge in [-0.1, -0.05) is 0 Å². The lowest BCUT2D eigenvalue weighted by Gasteiger charge is -2.18. The molecule has 0 saturated carbocycles. The topological polar surface area (TPSA) is 44.9 Å². The van der Waals surface area contributed by atoms with E-state index in [0.717, 1.165) is 0 Å². The van der Waals surface area contributed by atoms with E-state index in [-0.39, 0.29) is 12.4 Å². The standard InChI is InChI=1S/C5H13NO2.ClH/c1-4(7)6(3)5(2)8;/h4-5,7-8H,1-3H3;1H. The van der Waals surface area contributed by atoms with Gasteiger partial charge in [0.05, 0.1) is 7.05 Å². The fourth-order valence-electron chi connectivity index (χ4n) is 0.349. The zero-order valence-electron chi connectivity index (χ0n) is 5.93. The van der Waals surface area contributed by atoms with Crippen molar-refractivity contribution in [3.8, 4) is 0 Å². The van der Waals surface area contributed by atoms with Crippen LogP contribution in [0.4, 0.5) is 0 Å². The second kappa shape index (κ2) is 4.99. The lowest BCUT2D eigenvalue weighted by atomic mass is 10.5. The fourth-order valence-corrected chi connectivity index (χ4v) is 0.349. The smallest absolute Gasteiger partial charge is 0.187 e. The van der Waals surface area contributed by atoms with Gasteiger partial charge in [-0.05, 0) is 0 Å². The first-order chi connectivity index (χ1) is 3.55. The maximum absolute atomic E-state index is 8.79. The van der Waals surface area contributed by atoms with Crippen LogP contribution in [0, 0.1) is 0 Å². The number of hydrogen-bond acceptors (Lipinski definition) is 2. The monoisotopic (exact) mass is 155 g/mol. The minimum Gasteiger partial charge on any atom is -1.00 e. The first-order valence-electron chi connectivity index (χ1n) is 2.75. The average molecular weight is 156 g/mol. The third kappa shape index (κ3) is 4.66. The van der Waals surface area contributed by atoms with Crippen LogP contribution in [0.3, 0.4) is 0 Å². The molecular formula is C5H14ClNO2. The van der Waals surface area contributed by atoms with E-state index in [9.17, 15) is 0 Å². The number of aliphatic hydroxyl groups excluding tert-OH is 2. The molecule has 3 nitrogen and oxygen atoms in total. The Labute approximate surface area is 61.7 Å². The Kier molecular flexibility index (Phi) is 6.61. The summed E-state index contributed by atoms with van der Waals surface area (Å²) in [5, 5.41) is 17.6. The molecule has 4 heteroatoms. The predicted octanol–water partition coefficient (Wildman–Crippen LogP) is -4.82. The van der Waals surface area contributed by atoms with E-state index in [1.807, 2.05) is 0 Å². The summed E-state index contributed by atoms with van der Waals surface area (Å²) in [6.45, 7) is 3.28. The molecule has 2 unspecified atom stereocenters. The Hall–Kier alpha value is 0.170. The number of halogens is 1. The SMILES string of the molecule is CC(O)[NH+](C)C(C)O.[Cl-]. The minimum absolute atomic E-state index is 0. The van der Waals surface area contributed by atoms with Crippen molar-refractivity contribution in [3.05, 3.63) is 0 Å². The highest BCUT2D eigenvalue weighted by atomic mass is 35.5. The molecular weight excluding hydrogens is 142 g/mol. The summed E-state index contributed by atoms with van der Waals surface area (Å²) in [5.74, 6) is 0. The van der Waals surface area contributed by atoms with E-state index in [1.165, 1.54) is 0 Å². The number of quaternary nitrogens is 1. The summed E-state index contributed by atoms with van der Waals surface area (Å²) in [5.41, 5.74) is 0. The second-order valence-electron chi connectivity index (χ2n) is 2.10. The second-order valence-corrected chi connectivity index (χ2v) is 2.10. The van der Waals surface area contributed by atoms with Gasteiger partial charge in [-0.2, -0.15) is 0 Å². The molecule has 3 N–H and O–H groups in total. The van der Waals surface area contributed by atoms with Gasteiger partial charge in [0.25, 0.3) is 0 Å². The van der Waals surface area contributed by atoms with Crippen molar-refractivity contribution in [3.63, 3.8) is 0 Å². The Bertz CT molecular complexity index is 60.0. The van der Waals surface area contributed by atoms with E-state index in [0.29, 0.717) is 4.90 Å². The Morgan fingerprint density at radius 2 is 1.33 bits per heavy atom. The summed E-state index contributed by atoms with van der Waals surface area (Å²) in [6.07, 6.45) is -0.981. The lowest BCUT2D eigenvalue weighted by Crippen LogP contribution is -3.16. The van der Waals surface area contributed by atoms with Crippen molar-refractivity contribution in [1.82, 2.24) is 0 Å². The van der Waals surface area contributed by atoms with Crippen molar-refractivity contribution >= 4 is 0 Å². The van der Waals surface area contributed by atoms with Crippen molar-refractivity contribution in [2.45, 2.75) is 26.3 Å². The Morgan fingerprint density at radius 1 is 1.11 bits per heavy atom. The molecule has 0 amide bonds. The molecule has 0 aromatic rings. The van der Waals surface area contributed by atoms with Gasteiger partial charge in [0.15, 0.2) is 12.5 Å². The van der Waals surface area contributed by atoms with Gasteiger partial charge < -0.3 is 22.6 Å². The van der Waals surface area contributed by atoms with Gasteiger partial charge in [-0.25, -0.2) is 0 Å². The van der Waals surface area contributed by atoms with E-state index >= 15 is 0 Å². The molecule has 0 heterocycles. The fraction of sp³-hybridized carbons (Fsp3) is 1.00. The summed E-state index contributed by atoms with van der Waals surface area (Å²) in [4.78, 5) is 0.713. The van der Waals surface area contributed by atoms with Gasteiger partial charge in [0.2, 0.25) is 0 Å². The predicted molar refractivity (Wildman–Crippen MR) is 30.2 cm³/mol. The Balaban J connectivity index is 0. The number of nitrogens with one attached hydrogen (secondary N) is 1. The first-order valence-corrected chi connectivity index (χ1v) is 2.75. The van der Waals surface area contributed by atoms with Crippen molar-refractivity contribution < 1.29 is 27.5 Å². The summed E-state index contributed by atoms with van der Waals surface area (Å²) >= 11 is 0. The minimum atomic E-state index is -0.491. The van der Waals surface area contributed by atoms with Crippen molar-refractivity contribution in [2.24, 2.45) is 0 Å². The van der Waals surface area contributed by atoms with Gasteiger partial charge in [0, 0.05) is 13.8 Å². The normalized spacial score (nSPS) is 19.7. The largest absolute Gasteiger partial charge is 1.00 e. The van der Waals surface area contributed by atoms with Crippen LogP contribution in [0.2, 0.25) is 0 Å². The molecule has 0 rings (SSSR count). The molecule has 2 atom stereocenters. The number of rotatable bonds is 2. The van der Waals surface area contributed by atoms with E-state index in [2.05, 4.69) is 0 Å². The van der Waals surface area contributed by atoms with Crippen LogP contribution < -0.4 is 17.3 Å². The molecule has 0 aliphatic carbocycles. The van der Waals surface area contributed by atoms with Crippen LogP contribution in [-0.2, 0) is 0 Å². The van der Waals surface area contributed by atoms with Crippen LogP contribution in [0.15, 0.2) is 0 Å². The van der Waals surface area contributed by atoms with Gasteiger partial charge in [0.1, 0.15) is 0 Å². The van der Waals surface area contributed by atoms with Crippen molar-refractivity contribution in [1.29, 1.82) is 0 Å². The van der Waals surface area contributed by atoms with Crippen LogP contribution >= 0.6 is 0 Å². The molecule has 9 heavy (non-hydrogen) atoms. The zero-order chi connectivity index (χ0) is 6.73. The number of hydrogen-bond donors (Lipinski definition) is 3. The van der Waals surface area contributed by atoms with Gasteiger partial charge >= 0.3 is 0 Å². The molecule has 0 radical (unpaired) electrons. The molecule has 0 saturated heterocycles. The van der Waals surface area contributed by atoms with Crippen LogP contribution in [0.5, 0.6) is 0 Å². The molecule has 0 spiro atoms. The maximum Gasteiger partial charge on any atom is 0.187 e. The van der Waals surface area contributed by atoms with Gasteiger partial charge in [-0.3, -0.25) is 4.90 Å². The van der Waals surface area contributed by atoms with E-state index in [1.54, 1.807) is 20.9 Å². The molecule has 0 fully saturated rings. The third-order valence-electron chi connectivity index (χ3n) is 1.32. The van der Waals surface area contributed by atoms with Crippen LogP contribution in [0.1, 0.15) is 13.8 Å². The summed E-state index contributed by atoms with van der Waals surface area (Å²) in [7, 11) is 1.73. The molecule has 58 valence electrons. The van der Waals surface area contributed by atoms with Gasteiger partial charge in [-0.15, -0.1) is 0 Å². The average Bonchev–Trinajstić information content (AvgIpc) is 1.64. The zero-order valence-corrected chi connectivity index (χ0v) is 6.68. The molecule has 0 aromatic carbocycles. The highest BCUT2D eigenvalue weighted by Gasteiger charge is 2.12. The quantitative estimate of drug-likeness (QED) is 0.351. The lowest BCUT2D eigenvalue weighted by molar-refractivity contribution is -0.968. The first kappa shape index (κ1) is 11.9. The molecule has 0 aliphatic heterocycles. The van der Waals surface area contributed by atoms with Crippen LogP contribution in [-0.4, -0.2) is 29.7 Å².